The molecule has 55 heavy (non-hydrogen) atoms. The monoisotopic (exact) mass is 698 g/mol. The third-order valence-corrected chi connectivity index (χ3v) is 12.0. The second-order valence-electron chi connectivity index (χ2n) is 14.8. The molecule has 0 saturated heterocycles. The molecule has 1 aliphatic carbocycles. The highest BCUT2D eigenvalue weighted by atomic mass is 16.3. The number of aromatic nitrogens is 2. The van der Waals surface area contributed by atoms with Gasteiger partial charge in [-0.2, -0.15) is 0 Å². The molecule has 0 amide bonds. The molecular weight excluding hydrogens is 669 g/mol. The molecule has 0 unspecified atom stereocenters. The first-order chi connectivity index (χ1) is 27.3. The van der Waals surface area contributed by atoms with E-state index in [-0.39, 0.29) is 0 Å². The number of para-hydroxylation sites is 2. The van der Waals surface area contributed by atoms with Crippen molar-refractivity contribution in [1.29, 1.82) is 0 Å². The van der Waals surface area contributed by atoms with Gasteiger partial charge in [0.25, 0.3) is 0 Å². The van der Waals surface area contributed by atoms with Gasteiger partial charge in [0.05, 0.1) is 27.5 Å². The Labute approximate surface area is 315 Å². The number of nitrogens with zero attached hydrogens (tertiary/aromatic N) is 2. The first kappa shape index (κ1) is 29.1. The summed E-state index contributed by atoms with van der Waals surface area (Å²) >= 11 is 0. The quantitative estimate of drug-likeness (QED) is 0.180. The lowest BCUT2D eigenvalue weighted by Gasteiger charge is -2.13. The Morgan fingerprint density at radius 2 is 1.04 bits per heavy atom. The average molecular weight is 699 g/mol. The van der Waals surface area contributed by atoms with Crippen molar-refractivity contribution in [1.82, 2.24) is 9.13 Å². The minimum Gasteiger partial charge on any atom is -0.455 e. The van der Waals surface area contributed by atoms with E-state index in [1.54, 1.807) is 0 Å². The molecule has 0 N–H and O–H groups in total. The zero-order valence-electron chi connectivity index (χ0n) is 29.6. The summed E-state index contributed by atoms with van der Waals surface area (Å²) in [4.78, 5) is 0. The van der Waals surface area contributed by atoms with Crippen LogP contribution in [0.4, 0.5) is 0 Å². The van der Waals surface area contributed by atoms with Crippen molar-refractivity contribution in [2.75, 3.05) is 0 Å². The van der Waals surface area contributed by atoms with Gasteiger partial charge in [0.2, 0.25) is 0 Å². The smallest absolute Gasteiger partial charge is 0.145 e. The van der Waals surface area contributed by atoms with Gasteiger partial charge in [-0.3, -0.25) is 0 Å². The topological polar surface area (TPSA) is 23.0 Å². The van der Waals surface area contributed by atoms with Crippen LogP contribution in [0.2, 0.25) is 0 Å². The zero-order valence-corrected chi connectivity index (χ0v) is 29.6. The van der Waals surface area contributed by atoms with Crippen molar-refractivity contribution in [2.45, 2.75) is 0 Å². The van der Waals surface area contributed by atoms with Crippen molar-refractivity contribution in [3.8, 4) is 44.8 Å². The summed E-state index contributed by atoms with van der Waals surface area (Å²) in [5.74, 6) is 0. The van der Waals surface area contributed by atoms with Gasteiger partial charge in [-0.15, -0.1) is 0 Å². The average Bonchev–Trinajstić information content (AvgIpc) is 3.98. The van der Waals surface area contributed by atoms with Gasteiger partial charge < -0.3 is 13.6 Å². The summed E-state index contributed by atoms with van der Waals surface area (Å²) < 4.78 is 11.8. The van der Waals surface area contributed by atoms with Gasteiger partial charge >= 0.3 is 0 Å². The number of fused-ring (bicyclic) bond motifs is 14. The highest BCUT2D eigenvalue weighted by molar-refractivity contribution is 6.31. The fourth-order valence-electron chi connectivity index (χ4n) is 9.75. The minimum atomic E-state index is 0.907. The third-order valence-electron chi connectivity index (χ3n) is 12.0. The van der Waals surface area contributed by atoms with Gasteiger partial charge in [0, 0.05) is 38.3 Å². The minimum absolute atomic E-state index is 0.907. The van der Waals surface area contributed by atoms with Crippen LogP contribution in [0.5, 0.6) is 0 Å². The van der Waals surface area contributed by atoms with E-state index in [9.17, 15) is 0 Å². The molecule has 0 aliphatic heterocycles. The summed E-state index contributed by atoms with van der Waals surface area (Å²) in [5, 5.41) is 9.61. The molecule has 13 rings (SSSR count). The molecule has 12 aromatic rings. The molecule has 3 nitrogen and oxygen atoms in total. The number of hydrogen-bond donors (Lipinski definition) is 0. The van der Waals surface area contributed by atoms with Crippen LogP contribution in [0.25, 0.3) is 121 Å². The Hall–Kier alpha value is -7.36. The van der Waals surface area contributed by atoms with Gasteiger partial charge in [0.15, 0.2) is 0 Å². The largest absolute Gasteiger partial charge is 0.455 e. The lowest BCUT2D eigenvalue weighted by Crippen LogP contribution is -1.96. The van der Waals surface area contributed by atoms with Crippen LogP contribution in [-0.2, 0) is 0 Å². The van der Waals surface area contributed by atoms with Gasteiger partial charge in [0.1, 0.15) is 11.2 Å². The van der Waals surface area contributed by atoms with E-state index in [0.29, 0.717) is 0 Å². The molecule has 0 radical (unpaired) electrons. The molecule has 0 spiro atoms. The van der Waals surface area contributed by atoms with Crippen molar-refractivity contribution >= 4 is 76.3 Å². The van der Waals surface area contributed by atoms with Crippen LogP contribution >= 0.6 is 0 Å². The Morgan fingerprint density at radius 3 is 1.93 bits per heavy atom. The molecule has 0 fully saturated rings. The summed E-state index contributed by atoms with van der Waals surface area (Å²) in [6.07, 6.45) is 0. The van der Waals surface area contributed by atoms with Gasteiger partial charge in [-0.05, 0) is 105 Å². The van der Waals surface area contributed by atoms with E-state index in [1.807, 2.05) is 0 Å². The first-order valence-electron chi connectivity index (χ1n) is 18.9. The normalized spacial score (nSPS) is 12.4. The van der Waals surface area contributed by atoms with E-state index in [1.165, 1.54) is 76.9 Å². The molecular formula is C52H30N2O. The maximum absolute atomic E-state index is 6.80. The molecule has 0 bridgehead atoms. The van der Waals surface area contributed by atoms with Crippen LogP contribution in [0.15, 0.2) is 186 Å². The molecule has 3 aromatic heterocycles. The Morgan fingerprint density at radius 1 is 0.345 bits per heavy atom. The van der Waals surface area contributed by atoms with Crippen LogP contribution in [0.1, 0.15) is 0 Å². The van der Waals surface area contributed by atoms with Crippen molar-refractivity contribution in [2.24, 2.45) is 0 Å². The second kappa shape index (κ2) is 10.6. The van der Waals surface area contributed by atoms with Crippen LogP contribution in [0, 0.1) is 0 Å². The summed E-state index contributed by atoms with van der Waals surface area (Å²) in [5.41, 5.74) is 16.4. The predicted octanol–water partition coefficient (Wildman–Crippen LogP) is 14.2. The Bertz CT molecular complexity index is 3600. The lowest BCUT2D eigenvalue weighted by molar-refractivity contribution is 0.673. The Balaban J connectivity index is 1.21. The van der Waals surface area contributed by atoms with E-state index in [2.05, 4.69) is 191 Å². The maximum Gasteiger partial charge on any atom is 0.145 e. The molecule has 3 heteroatoms. The molecule has 0 atom stereocenters. The SMILES string of the molecule is c1ccc(-c2cccc(-n3c4ccccc4c4c3ccc3c5c6oc7ccccc7c6ccc5n(-c5cc6c7c(cccc7c5)-c5ccccc5-6)c34)c2)cc1. The van der Waals surface area contributed by atoms with Crippen LogP contribution in [0.3, 0.4) is 0 Å². The third kappa shape index (κ3) is 3.84. The number of furan rings is 1. The predicted molar refractivity (Wildman–Crippen MR) is 230 cm³/mol. The van der Waals surface area contributed by atoms with Crippen LogP contribution in [-0.4, -0.2) is 9.13 Å². The molecule has 3 heterocycles. The lowest BCUT2D eigenvalue weighted by atomic mass is 10.0. The molecule has 0 saturated carbocycles. The van der Waals surface area contributed by atoms with Gasteiger partial charge in [-0.1, -0.05) is 121 Å². The fraction of sp³-hybridized carbons (Fsp3) is 0. The van der Waals surface area contributed by atoms with E-state index >= 15 is 0 Å². The van der Waals surface area contributed by atoms with E-state index in [0.717, 1.165) is 44.2 Å². The maximum atomic E-state index is 6.80. The standard InChI is InChI=1S/C52H30N2O/c1-2-12-31(13-3-1)32-14-10-16-34(28-32)53-44-22-8-6-20-41(44)49-45(53)27-25-42-50-46(26-24-40-38-19-7-9-23-47(38)55-52(40)50)54(51(42)49)35-29-33-15-11-21-39-36-17-4-5-18-37(36)43(30-35)48(33)39/h1-30H. The first-order valence-corrected chi connectivity index (χ1v) is 18.9. The number of hydrogen-bond acceptors (Lipinski definition) is 1. The van der Waals surface area contributed by atoms with E-state index in [4.69, 9.17) is 4.42 Å². The second-order valence-corrected chi connectivity index (χ2v) is 14.8. The fourth-order valence-corrected chi connectivity index (χ4v) is 9.75. The van der Waals surface area contributed by atoms with Gasteiger partial charge in [-0.25, -0.2) is 0 Å². The molecule has 254 valence electrons. The number of rotatable bonds is 3. The highest BCUT2D eigenvalue weighted by Gasteiger charge is 2.26. The molecule has 9 aromatic carbocycles. The summed E-state index contributed by atoms with van der Waals surface area (Å²) in [7, 11) is 0. The van der Waals surface area contributed by atoms with E-state index < -0.39 is 0 Å². The summed E-state index contributed by atoms with van der Waals surface area (Å²) in [6, 6.07) is 66.4. The van der Waals surface area contributed by atoms with Crippen molar-refractivity contribution < 1.29 is 4.42 Å². The van der Waals surface area contributed by atoms with Crippen molar-refractivity contribution in [3.05, 3.63) is 182 Å². The zero-order chi connectivity index (χ0) is 35.8. The highest BCUT2D eigenvalue weighted by Crippen LogP contribution is 2.50. The Kier molecular flexibility index (Phi) is 5.63. The summed E-state index contributed by atoms with van der Waals surface area (Å²) in [6.45, 7) is 0. The molecule has 1 aliphatic rings. The van der Waals surface area contributed by atoms with Crippen LogP contribution < -0.4 is 0 Å². The van der Waals surface area contributed by atoms with Crippen molar-refractivity contribution in [3.63, 3.8) is 0 Å². The number of benzene rings is 9.